The van der Waals surface area contributed by atoms with Crippen LogP contribution in [0.1, 0.15) is 0 Å². The predicted octanol–water partition coefficient (Wildman–Crippen LogP) is 0.410. The Kier molecular flexibility index (Phi) is 5.11. The zero-order valence-corrected chi connectivity index (χ0v) is 10.3. The zero-order chi connectivity index (χ0) is 9.73. The third kappa shape index (κ3) is 4.21. The number of hydrogen-bond donors (Lipinski definition) is 1. The summed E-state index contributed by atoms with van der Waals surface area (Å²) in [5.41, 5.74) is 0.423. The summed E-state index contributed by atoms with van der Waals surface area (Å²) in [4.78, 5) is 0. The fourth-order valence-electron chi connectivity index (χ4n) is 0.719. The summed E-state index contributed by atoms with van der Waals surface area (Å²) in [6.07, 6.45) is 0.110. The van der Waals surface area contributed by atoms with Gasteiger partial charge in [-0.05, 0) is 0 Å². The van der Waals surface area contributed by atoms with Crippen molar-refractivity contribution in [2.45, 2.75) is 0 Å². The molecule has 1 aliphatic rings. The van der Waals surface area contributed by atoms with E-state index < -0.39 is 21.6 Å². The predicted molar refractivity (Wildman–Crippen MR) is 50.4 cm³/mol. The van der Waals surface area contributed by atoms with E-state index in [1.54, 1.807) is 0 Å². The van der Waals surface area contributed by atoms with Crippen molar-refractivity contribution in [3.63, 3.8) is 0 Å². The maximum atomic E-state index is 11.8. The van der Waals surface area contributed by atoms with Gasteiger partial charge in [0.25, 0.3) is 0 Å². The van der Waals surface area contributed by atoms with Gasteiger partial charge in [0.1, 0.15) is 0 Å². The average molecular weight is 293 g/mol. The Labute approximate surface area is 85.3 Å². The maximum absolute atomic E-state index is 11.8. The topological polar surface area (TPSA) is 72.8 Å². The summed E-state index contributed by atoms with van der Waals surface area (Å²) in [6.45, 7) is 0.0738. The molecule has 8 heteroatoms. The summed E-state index contributed by atoms with van der Waals surface area (Å²) in [7, 11) is -2.44. The van der Waals surface area contributed by atoms with Crippen molar-refractivity contribution < 1.29 is 21.1 Å². The SMILES string of the molecule is O=[Se]1OCP(=O)(CSCCO)CO1. The Hall–Kier alpha value is 0.779. The molecule has 0 unspecified atom stereocenters. The molecule has 1 N–H and O–H groups in total. The van der Waals surface area contributed by atoms with Crippen molar-refractivity contribution in [1.29, 1.82) is 0 Å². The fraction of sp³-hybridized carbons (Fsp3) is 1.00. The summed E-state index contributed by atoms with van der Waals surface area (Å²) in [5, 5.41) is 8.50. The molecule has 0 aromatic carbocycles. The molecular formula is C5H11O5PSSe. The van der Waals surface area contributed by atoms with Crippen molar-refractivity contribution in [2.75, 3.05) is 30.5 Å². The van der Waals surface area contributed by atoms with Crippen LogP contribution in [0.5, 0.6) is 0 Å². The van der Waals surface area contributed by atoms with Gasteiger partial charge in [0.2, 0.25) is 0 Å². The number of rotatable bonds is 4. The second kappa shape index (κ2) is 5.61. The van der Waals surface area contributed by atoms with E-state index in [4.69, 9.17) is 12.7 Å². The molecule has 0 spiro atoms. The molecule has 1 rings (SSSR count). The Bertz CT molecular complexity index is 221. The van der Waals surface area contributed by atoms with Gasteiger partial charge in [0.15, 0.2) is 0 Å². The first-order chi connectivity index (χ1) is 6.16. The van der Waals surface area contributed by atoms with Crippen molar-refractivity contribution in [3.8, 4) is 0 Å². The van der Waals surface area contributed by atoms with Gasteiger partial charge < -0.3 is 0 Å². The monoisotopic (exact) mass is 294 g/mol. The normalized spacial score (nSPS) is 34.7. The molecule has 1 heterocycles. The molecule has 0 saturated carbocycles. The number of hydrogen-bond acceptors (Lipinski definition) is 6. The molecule has 0 bridgehead atoms. The quantitative estimate of drug-likeness (QED) is 0.460. The van der Waals surface area contributed by atoms with Crippen LogP contribution in [0, 0.1) is 0 Å². The standard InChI is InChI=1S/C5H11O5PSSe/c6-1-2-12-5-11(7)3-9-13(8)10-4-11/h6H,1-5H2. The van der Waals surface area contributed by atoms with Gasteiger partial charge in [-0.1, -0.05) is 0 Å². The van der Waals surface area contributed by atoms with Crippen LogP contribution in [-0.4, -0.2) is 50.1 Å². The molecule has 0 aliphatic carbocycles. The zero-order valence-electron chi connectivity index (χ0n) is 6.88. The van der Waals surface area contributed by atoms with Gasteiger partial charge >= 0.3 is 85.1 Å². The molecule has 5 nitrogen and oxygen atoms in total. The fourth-order valence-corrected chi connectivity index (χ4v) is 7.57. The minimum absolute atomic E-state index is 0.0552. The minimum atomic E-state index is -2.58. The van der Waals surface area contributed by atoms with Crippen LogP contribution >= 0.6 is 18.9 Å². The van der Waals surface area contributed by atoms with E-state index in [1.165, 1.54) is 11.8 Å². The molecule has 0 atom stereocenters. The van der Waals surface area contributed by atoms with Crippen LogP contribution in [0.2, 0.25) is 0 Å². The first-order valence-electron chi connectivity index (χ1n) is 3.60. The van der Waals surface area contributed by atoms with E-state index in [2.05, 4.69) is 0 Å². The van der Waals surface area contributed by atoms with Gasteiger partial charge in [0, 0.05) is 0 Å². The molecule has 78 valence electrons. The molecule has 0 radical (unpaired) electrons. The van der Waals surface area contributed by atoms with Crippen molar-refractivity contribution in [3.05, 3.63) is 0 Å². The van der Waals surface area contributed by atoms with Gasteiger partial charge in [-0.2, -0.15) is 0 Å². The van der Waals surface area contributed by atoms with Crippen LogP contribution in [0.25, 0.3) is 0 Å². The van der Waals surface area contributed by atoms with E-state index in [0.717, 1.165) is 0 Å². The summed E-state index contributed by atoms with van der Waals surface area (Å²) < 4.78 is 31.9. The first kappa shape index (κ1) is 11.9. The van der Waals surface area contributed by atoms with E-state index in [1.807, 2.05) is 0 Å². The summed E-state index contributed by atoms with van der Waals surface area (Å²) in [5.74, 6) is 0.557. The van der Waals surface area contributed by atoms with Crippen molar-refractivity contribution >= 4 is 33.4 Å². The molecule has 0 aromatic heterocycles. The van der Waals surface area contributed by atoms with Crippen LogP contribution in [0.3, 0.4) is 0 Å². The number of aliphatic hydroxyl groups is 1. The first-order valence-corrected chi connectivity index (χ1v) is 9.12. The van der Waals surface area contributed by atoms with Crippen molar-refractivity contribution in [1.82, 2.24) is 0 Å². The Balaban J connectivity index is 2.30. The molecule has 13 heavy (non-hydrogen) atoms. The van der Waals surface area contributed by atoms with Gasteiger partial charge in [-0.15, -0.1) is 0 Å². The Morgan fingerprint density at radius 2 is 2.08 bits per heavy atom. The number of thioether (sulfide) groups is 1. The molecular weight excluding hydrogens is 282 g/mol. The third-order valence-electron chi connectivity index (χ3n) is 1.33. The summed E-state index contributed by atoms with van der Waals surface area (Å²) in [6, 6.07) is 0. The van der Waals surface area contributed by atoms with Gasteiger partial charge in [0.05, 0.1) is 0 Å². The van der Waals surface area contributed by atoms with Crippen molar-refractivity contribution in [2.24, 2.45) is 0 Å². The van der Waals surface area contributed by atoms with Crippen LogP contribution in [0.15, 0.2) is 0 Å². The second-order valence-electron chi connectivity index (χ2n) is 2.52. The second-order valence-corrected chi connectivity index (χ2v) is 8.84. The Morgan fingerprint density at radius 3 is 2.62 bits per heavy atom. The summed E-state index contributed by atoms with van der Waals surface area (Å²) >= 11 is -1.18. The molecule has 0 amide bonds. The van der Waals surface area contributed by atoms with Crippen LogP contribution in [-0.2, 0) is 16.0 Å². The Morgan fingerprint density at radius 1 is 1.46 bits per heavy atom. The molecule has 1 saturated heterocycles. The molecule has 1 fully saturated rings. The van der Waals surface area contributed by atoms with E-state index in [0.29, 0.717) is 11.2 Å². The van der Waals surface area contributed by atoms with E-state index in [-0.39, 0.29) is 19.3 Å². The number of aliphatic hydroxyl groups excluding tert-OH is 1. The van der Waals surface area contributed by atoms with Crippen LogP contribution in [0.4, 0.5) is 0 Å². The molecule has 0 aromatic rings. The van der Waals surface area contributed by atoms with E-state index >= 15 is 0 Å². The van der Waals surface area contributed by atoms with E-state index in [9.17, 15) is 8.40 Å². The van der Waals surface area contributed by atoms with Gasteiger partial charge in [-0.3, -0.25) is 0 Å². The van der Waals surface area contributed by atoms with Gasteiger partial charge in [-0.25, -0.2) is 0 Å². The average Bonchev–Trinajstić information content (AvgIpc) is 2.12. The van der Waals surface area contributed by atoms with Crippen LogP contribution < -0.4 is 0 Å². The molecule has 1 aliphatic heterocycles. The third-order valence-corrected chi connectivity index (χ3v) is 7.70.